The second-order valence-electron chi connectivity index (χ2n) is 9.57. The number of hydrogen-bond acceptors (Lipinski definition) is 3. The van der Waals surface area contributed by atoms with E-state index in [0.717, 1.165) is 22.4 Å². The van der Waals surface area contributed by atoms with E-state index in [1.807, 2.05) is 32.0 Å². The quantitative estimate of drug-likeness (QED) is 0.579. The van der Waals surface area contributed by atoms with E-state index >= 15 is 0 Å². The summed E-state index contributed by atoms with van der Waals surface area (Å²) in [6, 6.07) is 14.5. The van der Waals surface area contributed by atoms with Crippen LogP contribution in [0, 0.1) is 19.8 Å². The molecule has 0 saturated carbocycles. The van der Waals surface area contributed by atoms with Crippen LogP contribution < -0.4 is 16.0 Å². The number of carbonyl (C=O) groups excluding carboxylic acids is 2. The minimum Gasteiger partial charge on any atom is -0.346 e. The van der Waals surface area contributed by atoms with Gasteiger partial charge in [0, 0.05) is 11.7 Å². The van der Waals surface area contributed by atoms with Gasteiger partial charge in [-0.2, -0.15) is 0 Å². The molecule has 0 aliphatic carbocycles. The number of carbonyl (C=O) groups is 2. The van der Waals surface area contributed by atoms with Crippen LogP contribution in [0.5, 0.6) is 0 Å². The number of para-hydroxylation sites is 1. The van der Waals surface area contributed by atoms with Crippen molar-refractivity contribution < 1.29 is 9.59 Å². The Morgan fingerprint density at radius 2 is 1.45 bits per heavy atom. The average Bonchev–Trinajstić information content (AvgIpc) is 2.69. The first-order valence-electron chi connectivity index (χ1n) is 11.0. The number of aryl methyl sites for hydroxylation is 2. The van der Waals surface area contributed by atoms with Crippen LogP contribution >= 0.6 is 0 Å². The molecule has 2 rings (SSSR count). The normalized spacial score (nSPS) is 12.5. The van der Waals surface area contributed by atoms with Gasteiger partial charge in [-0.15, -0.1) is 0 Å². The van der Waals surface area contributed by atoms with Crippen LogP contribution in [-0.2, 0) is 15.0 Å². The monoisotopic (exact) mass is 423 g/mol. The van der Waals surface area contributed by atoms with Gasteiger partial charge in [0.15, 0.2) is 0 Å². The summed E-state index contributed by atoms with van der Waals surface area (Å²) in [5.74, 6) is -0.113. The predicted octanol–water partition coefficient (Wildman–Crippen LogP) is 4.64. The zero-order valence-electron chi connectivity index (χ0n) is 19.9. The lowest BCUT2D eigenvalue weighted by atomic mass is 9.85. The third-order valence-electron chi connectivity index (χ3n) is 5.48. The largest absolute Gasteiger partial charge is 0.346 e. The maximum atomic E-state index is 12.3. The number of rotatable bonds is 8. The van der Waals surface area contributed by atoms with Crippen molar-refractivity contribution in [2.45, 2.75) is 59.9 Å². The highest BCUT2D eigenvalue weighted by Gasteiger charge is 2.19. The summed E-state index contributed by atoms with van der Waals surface area (Å²) < 4.78 is 0. The molecule has 0 spiro atoms. The van der Waals surface area contributed by atoms with Crippen LogP contribution in [-0.4, -0.2) is 24.9 Å². The van der Waals surface area contributed by atoms with Crippen LogP contribution in [0.1, 0.15) is 62.9 Å². The number of nitrogens with one attached hydrogen (secondary N) is 3. The van der Waals surface area contributed by atoms with E-state index in [0.29, 0.717) is 5.92 Å². The fraction of sp³-hybridized carbons (Fsp3) is 0.462. The van der Waals surface area contributed by atoms with Crippen LogP contribution in [0.2, 0.25) is 0 Å². The molecule has 0 saturated heterocycles. The fourth-order valence-electron chi connectivity index (χ4n) is 3.57. The van der Waals surface area contributed by atoms with Crippen LogP contribution in [0.3, 0.4) is 0 Å². The van der Waals surface area contributed by atoms with Gasteiger partial charge in [-0.25, -0.2) is 0 Å². The molecule has 0 radical (unpaired) electrons. The molecular weight excluding hydrogens is 386 g/mol. The molecule has 0 aliphatic rings. The second-order valence-corrected chi connectivity index (χ2v) is 9.57. The highest BCUT2D eigenvalue weighted by atomic mass is 16.2. The lowest BCUT2D eigenvalue weighted by Gasteiger charge is -2.25. The third kappa shape index (κ3) is 7.21. The Hall–Kier alpha value is -2.66. The summed E-state index contributed by atoms with van der Waals surface area (Å²) in [7, 11) is 0. The van der Waals surface area contributed by atoms with Crippen molar-refractivity contribution in [2.75, 3.05) is 18.4 Å². The van der Waals surface area contributed by atoms with Crippen LogP contribution in [0.15, 0.2) is 42.5 Å². The fourth-order valence-corrected chi connectivity index (χ4v) is 3.57. The SMILES string of the molecule is Cc1cccc(C)c1NC(=O)CNC(=O)CNC(c1ccc(C(C)(C)C)cc1)C(C)C. The van der Waals surface area contributed by atoms with Crippen LogP contribution in [0.25, 0.3) is 0 Å². The maximum Gasteiger partial charge on any atom is 0.243 e. The van der Waals surface area contributed by atoms with Gasteiger partial charge in [-0.3, -0.25) is 9.59 Å². The Morgan fingerprint density at radius 1 is 0.871 bits per heavy atom. The van der Waals surface area contributed by atoms with E-state index in [2.05, 4.69) is 74.8 Å². The molecule has 1 unspecified atom stereocenters. The lowest BCUT2D eigenvalue weighted by molar-refractivity contribution is -0.123. The van der Waals surface area contributed by atoms with Gasteiger partial charge in [0.05, 0.1) is 13.1 Å². The van der Waals surface area contributed by atoms with E-state index in [9.17, 15) is 9.59 Å². The molecule has 0 aromatic heterocycles. The molecule has 0 heterocycles. The smallest absolute Gasteiger partial charge is 0.243 e. The molecule has 31 heavy (non-hydrogen) atoms. The highest BCUT2D eigenvalue weighted by molar-refractivity contribution is 5.95. The Labute approximate surface area is 187 Å². The number of hydrogen-bond donors (Lipinski definition) is 3. The molecule has 168 valence electrons. The molecule has 2 aromatic rings. The van der Waals surface area contributed by atoms with Gasteiger partial charge in [-0.1, -0.05) is 77.1 Å². The Kier molecular flexibility index (Phi) is 8.40. The van der Waals surface area contributed by atoms with Crippen molar-refractivity contribution in [3.05, 3.63) is 64.7 Å². The van der Waals surface area contributed by atoms with Gasteiger partial charge >= 0.3 is 0 Å². The Balaban J connectivity index is 1.88. The first-order valence-corrected chi connectivity index (χ1v) is 11.0. The van der Waals surface area contributed by atoms with E-state index in [1.54, 1.807) is 0 Å². The van der Waals surface area contributed by atoms with E-state index < -0.39 is 0 Å². The van der Waals surface area contributed by atoms with Gasteiger partial charge < -0.3 is 16.0 Å². The molecule has 0 bridgehead atoms. The molecular formula is C26H37N3O2. The van der Waals surface area contributed by atoms with Crippen LogP contribution in [0.4, 0.5) is 5.69 Å². The molecule has 5 nitrogen and oxygen atoms in total. The zero-order chi connectivity index (χ0) is 23.2. The van der Waals surface area contributed by atoms with Gasteiger partial charge in [0.1, 0.15) is 0 Å². The van der Waals surface area contributed by atoms with Crippen molar-refractivity contribution in [1.82, 2.24) is 10.6 Å². The molecule has 5 heteroatoms. The Bertz CT molecular complexity index is 876. The van der Waals surface area contributed by atoms with Gasteiger partial charge in [-0.05, 0) is 47.4 Å². The predicted molar refractivity (Wildman–Crippen MR) is 128 cm³/mol. The van der Waals surface area contributed by atoms with E-state index in [1.165, 1.54) is 5.56 Å². The molecule has 0 aliphatic heterocycles. The van der Waals surface area contributed by atoms with Crippen molar-refractivity contribution in [1.29, 1.82) is 0 Å². The van der Waals surface area contributed by atoms with Crippen molar-refractivity contribution in [2.24, 2.45) is 5.92 Å². The third-order valence-corrected chi connectivity index (χ3v) is 5.48. The Morgan fingerprint density at radius 3 is 1.97 bits per heavy atom. The summed E-state index contributed by atoms with van der Waals surface area (Å²) >= 11 is 0. The highest BCUT2D eigenvalue weighted by Crippen LogP contribution is 2.26. The zero-order valence-corrected chi connectivity index (χ0v) is 19.9. The number of anilines is 1. The summed E-state index contributed by atoms with van der Waals surface area (Å²) in [6.07, 6.45) is 0. The average molecular weight is 424 g/mol. The first-order chi connectivity index (χ1) is 14.5. The number of benzene rings is 2. The van der Waals surface area contributed by atoms with Crippen molar-refractivity contribution in [3.8, 4) is 0 Å². The van der Waals surface area contributed by atoms with Crippen molar-refractivity contribution >= 4 is 17.5 Å². The lowest BCUT2D eigenvalue weighted by Crippen LogP contribution is -2.40. The first kappa shape index (κ1) is 24.6. The molecule has 1 atom stereocenters. The van der Waals surface area contributed by atoms with Gasteiger partial charge in [0.2, 0.25) is 11.8 Å². The van der Waals surface area contributed by atoms with E-state index in [4.69, 9.17) is 0 Å². The van der Waals surface area contributed by atoms with E-state index in [-0.39, 0.29) is 36.4 Å². The maximum absolute atomic E-state index is 12.3. The molecule has 0 fully saturated rings. The summed E-state index contributed by atoms with van der Waals surface area (Å²) in [4.78, 5) is 24.6. The second kappa shape index (κ2) is 10.6. The summed E-state index contributed by atoms with van der Waals surface area (Å²) in [5.41, 5.74) is 5.35. The molecule has 3 N–H and O–H groups in total. The van der Waals surface area contributed by atoms with Crippen molar-refractivity contribution in [3.63, 3.8) is 0 Å². The minimum absolute atomic E-state index is 0.0547. The summed E-state index contributed by atoms with van der Waals surface area (Å²) in [5, 5.41) is 8.93. The molecule has 2 amide bonds. The minimum atomic E-state index is -0.232. The number of amides is 2. The standard InChI is InChI=1S/C26H37N3O2/c1-17(2)24(20-11-13-21(14-12-20)26(5,6)7)28-15-22(30)27-16-23(31)29-25-18(3)9-8-10-19(25)4/h8-14,17,24,28H,15-16H2,1-7H3,(H,27,30)(H,29,31). The molecule has 2 aromatic carbocycles. The van der Waals surface area contributed by atoms with Gasteiger partial charge in [0.25, 0.3) is 0 Å². The topological polar surface area (TPSA) is 70.2 Å². The summed E-state index contributed by atoms with van der Waals surface area (Å²) in [6.45, 7) is 14.8.